The van der Waals surface area contributed by atoms with E-state index in [1.807, 2.05) is 24.0 Å². The van der Waals surface area contributed by atoms with Gasteiger partial charge in [0.05, 0.1) is 25.2 Å². The van der Waals surface area contributed by atoms with E-state index >= 15 is 0 Å². The van der Waals surface area contributed by atoms with Gasteiger partial charge in [0.2, 0.25) is 5.91 Å². The number of carbonyl (C=O) groups excluding carboxylic acids is 2. The largest absolute Gasteiger partial charge is 0.465 e. The van der Waals surface area contributed by atoms with Crippen molar-refractivity contribution in [2.75, 3.05) is 13.2 Å². The second kappa shape index (κ2) is 5.69. The van der Waals surface area contributed by atoms with Crippen molar-refractivity contribution >= 4 is 11.9 Å². The van der Waals surface area contributed by atoms with Crippen LogP contribution in [0.4, 0.5) is 0 Å². The van der Waals surface area contributed by atoms with E-state index in [4.69, 9.17) is 9.47 Å². The Labute approximate surface area is 131 Å². The Kier molecular flexibility index (Phi) is 4.02. The lowest BCUT2D eigenvalue weighted by molar-refractivity contribution is -0.154. The molecule has 0 aromatic heterocycles. The van der Waals surface area contributed by atoms with Crippen LogP contribution in [0.3, 0.4) is 0 Å². The Morgan fingerprint density at radius 3 is 3.00 bits per heavy atom. The summed E-state index contributed by atoms with van der Waals surface area (Å²) in [5.74, 6) is -1.14. The second-order valence-electron chi connectivity index (χ2n) is 6.64. The van der Waals surface area contributed by atoms with Crippen LogP contribution < -0.4 is 0 Å². The van der Waals surface area contributed by atoms with Crippen LogP contribution in [0.1, 0.15) is 40.0 Å². The van der Waals surface area contributed by atoms with E-state index in [9.17, 15) is 9.59 Å². The average Bonchev–Trinajstić information content (AvgIpc) is 3.15. The number of hydrogen-bond donors (Lipinski definition) is 0. The first-order valence-corrected chi connectivity index (χ1v) is 8.38. The zero-order valence-electron chi connectivity index (χ0n) is 13.6. The van der Waals surface area contributed by atoms with E-state index in [1.54, 1.807) is 0 Å². The van der Waals surface area contributed by atoms with Gasteiger partial charge in [-0.05, 0) is 19.8 Å². The highest BCUT2D eigenvalue weighted by molar-refractivity contribution is 5.91. The number of unbranched alkanes of at least 4 members (excludes halogenated alkanes) is 1. The molecule has 5 atom stereocenters. The standard InChI is InChI=1S/C17H25NO4/c1-4-6-9-21-16(20)13-12-7-8-17(22-12)10-18(11(3)5-2)15(19)14(13)17/h7-8,11-14H,4-6,9-10H2,1-3H3/t11-,12-,13-,14+,17-/m1/s1. The summed E-state index contributed by atoms with van der Waals surface area (Å²) < 4.78 is 11.4. The van der Waals surface area contributed by atoms with Crippen LogP contribution in [0.2, 0.25) is 0 Å². The van der Waals surface area contributed by atoms with Crippen molar-refractivity contribution in [1.29, 1.82) is 0 Å². The van der Waals surface area contributed by atoms with Crippen LogP contribution in [-0.2, 0) is 19.1 Å². The number of rotatable bonds is 6. The van der Waals surface area contributed by atoms with Crippen molar-refractivity contribution in [3.05, 3.63) is 12.2 Å². The molecular formula is C17H25NO4. The van der Waals surface area contributed by atoms with E-state index in [0.717, 1.165) is 19.3 Å². The van der Waals surface area contributed by atoms with Crippen LogP contribution in [0, 0.1) is 11.8 Å². The number of fused-ring (bicyclic) bond motifs is 1. The van der Waals surface area contributed by atoms with Crippen molar-refractivity contribution in [3.8, 4) is 0 Å². The molecule has 2 saturated heterocycles. The lowest BCUT2D eigenvalue weighted by Gasteiger charge is -2.26. The molecule has 3 rings (SSSR count). The molecular weight excluding hydrogens is 282 g/mol. The number of hydrogen-bond acceptors (Lipinski definition) is 4. The Bertz CT molecular complexity index is 503. The SMILES string of the molecule is CCCCOC(=O)[C@H]1[C@H]2C(=O)N([C@H](C)CC)C[C@]23C=C[C@H]1O3. The summed E-state index contributed by atoms with van der Waals surface area (Å²) >= 11 is 0. The van der Waals surface area contributed by atoms with Crippen LogP contribution in [-0.4, -0.2) is 47.7 Å². The smallest absolute Gasteiger partial charge is 0.312 e. The molecule has 0 saturated carbocycles. The van der Waals surface area contributed by atoms with Crippen molar-refractivity contribution in [3.63, 3.8) is 0 Å². The van der Waals surface area contributed by atoms with Crippen LogP contribution >= 0.6 is 0 Å². The molecule has 22 heavy (non-hydrogen) atoms. The van der Waals surface area contributed by atoms with Crippen LogP contribution in [0.25, 0.3) is 0 Å². The maximum atomic E-state index is 12.8. The molecule has 0 radical (unpaired) electrons. The summed E-state index contributed by atoms with van der Waals surface area (Å²) in [6, 6.07) is 0.167. The minimum atomic E-state index is -0.611. The molecule has 3 aliphatic rings. The monoisotopic (exact) mass is 307 g/mol. The van der Waals surface area contributed by atoms with Crippen molar-refractivity contribution in [1.82, 2.24) is 4.90 Å². The third-order valence-corrected chi connectivity index (χ3v) is 5.27. The molecule has 0 N–H and O–H groups in total. The molecule has 0 aliphatic carbocycles. The highest BCUT2D eigenvalue weighted by Gasteiger charge is 2.67. The predicted octanol–water partition coefficient (Wildman–Crippen LogP) is 1.91. The first-order valence-electron chi connectivity index (χ1n) is 8.38. The van der Waals surface area contributed by atoms with Gasteiger partial charge in [0.1, 0.15) is 11.5 Å². The lowest BCUT2D eigenvalue weighted by atomic mass is 9.77. The van der Waals surface area contributed by atoms with Gasteiger partial charge in [-0.1, -0.05) is 32.4 Å². The third-order valence-electron chi connectivity index (χ3n) is 5.27. The topological polar surface area (TPSA) is 55.8 Å². The minimum absolute atomic E-state index is 0.0404. The van der Waals surface area contributed by atoms with Gasteiger partial charge in [-0.15, -0.1) is 0 Å². The van der Waals surface area contributed by atoms with E-state index in [1.165, 1.54) is 0 Å². The summed E-state index contributed by atoms with van der Waals surface area (Å²) in [5, 5.41) is 0. The molecule has 0 unspecified atom stereocenters. The number of carbonyl (C=O) groups is 2. The highest BCUT2D eigenvalue weighted by atomic mass is 16.6. The zero-order valence-corrected chi connectivity index (χ0v) is 13.6. The molecule has 122 valence electrons. The van der Waals surface area contributed by atoms with Gasteiger partial charge in [-0.25, -0.2) is 0 Å². The van der Waals surface area contributed by atoms with Crippen LogP contribution in [0.15, 0.2) is 12.2 Å². The van der Waals surface area contributed by atoms with Gasteiger partial charge in [0.15, 0.2) is 0 Å². The van der Waals surface area contributed by atoms with Gasteiger partial charge in [0.25, 0.3) is 0 Å². The number of amides is 1. The maximum absolute atomic E-state index is 12.8. The van der Waals surface area contributed by atoms with E-state index < -0.39 is 17.4 Å². The van der Waals surface area contributed by atoms with Gasteiger partial charge < -0.3 is 14.4 Å². The molecule has 5 heteroatoms. The summed E-state index contributed by atoms with van der Waals surface area (Å²) in [6.07, 6.45) is 6.33. The second-order valence-corrected chi connectivity index (χ2v) is 6.64. The Hall–Kier alpha value is -1.36. The summed E-state index contributed by atoms with van der Waals surface area (Å²) in [7, 11) is 0. The normalized spacial score (nSPS) is 36.8. The fourth-order valence-electron chi connectivity index (χ4n) is 3.80. The number of nitrogens with zero attached hydrogens (tertiary/aromatic N) is 1. The number of esters is 1. The molecule has 0 aromatic carbocycles. The summed E-state index contributed by atoms with van der Waals surface area (Å²) in [5.41, 5.74) is -0.611. The van der Waals surface area contributed by atoms with Gasteiger partial charge in [0, 0.05) is 6.04 Å². The highest BCUT2D eigenvalue weighted by Crippen LogP contribution is 2.52. The minimum Gasteiger partial charge on any atom is -0.465 e. The molecule has 0 aromatic rings. The molecule has 3 aliphatic heterocycles. The summed E-state index contributed by atoms with van der Waals surface area (Å²) in [4.78, 5) is 27.1. The van der Waals surface area contributed by atoms with Crippen molar-refractivity contribution in [2.24, 2.45) is 11.8 Å². The van der Waals surface area contributed by atoms with Gasteiger partial charge in [-0.2, -0.15) is 0 Å². The molecule has 1 amide bonds. The zero-order chi connectivity index (χ0) is 15.9. The van der Waals surface area contributed by atoms with Crippen molar-refractivity contribution < 1.29 is 19.1 Å². The number of ether oxygens (including phenoxy) is 2. The Morgan fingerprint density at radius 1 is 1.55 bits per heavy atom. The fraction of sp³-hybridized carbons (Fsp3) is 0.765. The quantitative estimate of drug-likeness (QED) is 0.427. The molecule has 5 nitrogen and oxygen atoms in total. The Morgan fingerprint density at radius 2 is 2.32 bits per heavy atom. The van der Waals surface area contributed by atoms with E-state index in [-0.39, 0.29) is 24.0 Å². The molecule has 2 bridgehead atoms. The maximum Gasteiger partial charge on any atom is 0.312 e. The number of likely N-dealkylation sites (tertiary alicyclic amines) is 1. The average molecular weight is 307 g/mol. The lowest BCUT2D eigenvalue weighted by Crippen LogP contribution is -2.41. The molecule has 1 spiro atoms. The predicted molar refractivity (Wildman–Crippen MR) is 81.1 cm³/mol. The molecule has 3 heterocycles. The van der Waals surface area contributed by atoms with Gasteiger partial charge in [-0.3, -0.25) is 9.59 Å². The van der Waals surface area contributed by atoms with E-state index in [2.05, 4.69) is 13.8 Å². The first kappa shape index (κ1) is 15.5. The Balaban J connectivity index is 1.79. The van der Waals surface area contributed by atoms with Crippen LogP contribution in [0.5, 0.6) is 0 Å². The fourth-order valence-corrected chi connectivity index (χ4v) is 3.80. The molecule has 2 fully saturated rings. The third kappa shape index (κ3) is 2.18. The van der Waals surface area contributed by atoms with Gasteiger partial charge >= 0.3 is 5.97 Å². The van der Waals surface area contributed by atoms with E-state index in [0.29, 0.717) is 13.2 Å². The summed E-state index contributed by atoms with van der Waals surface area (Å²) in [6.45, 7) is 7.13. The first-order chi connectivity index (χ1) is 10.5. The van der Waals surface area contributed by atoms with Crippen molar-refractivity contribution in [2.45, 2.75) is 57.8 Å².